The maximum absolute atomic E-state index is 13.2. The van der Waals surface area contributed by atoms with Gasteiger partial charge < -0.3 is 9.80 Å². The molecule has 1 atom stereocenters. The third-order valence-corrected chi connectivity index (χ3v) is 7.12. The highest BCUT2D eigenvalue weighted by molar-refractivity contribution is 5.84. The number of carbonyl (C=O) groups is 1. The Morgan fingerprint density at radius 2 is 1.78 bits per heavy atom. The van der Waals surface area contributed by atoms with Crippen molar-refractivity contribution in [2.75, 3.05) is 46.3 Å². The van der Waals surface area contributed by atoms with Crippen LogP contribution in [0.5, 0.6) is 0 Å². The van der Waals surface area contributed by atoms with Gasteiger partial charge in [0.2, 0.25) is 5.91 Å². The molecule has 4 nitrogen and oxygen atoms in total. The second-order valence-electron chi connectivity index (χ2n) is 8.69. The highest BCUT2D eigenvalue weighted by Gasteiger charge is 2.49. The molecule has 130 valence electrons. The van der Waals surface area contributed by atoms with Crippen LogP contribution in [0.4, 0.5) is 0 Å². The largest absolute Gasteiger partial charge is 0.342 e. The molecular formula is C19H33N3O. The third kappa shape index (κ3) is 3.05. The number of nitrogens with zero attached hydrogens (tertiary/aromatic N) is 3. The van der Waals surface area contributed by atoms with E-state index in [9.17, 15) is 4.79 Å². The number of hydrogen-bond donors (Lipinski definition) is 0. The van der Waals surface area contributed by atoms with Crippen LogP contribution in [0.1, 0.15) is 51.4 Å². The molecule has 1 amide bonds. The highest BCUT2D eigenvalue weighted by atomic mass is 16.2. The van der Waals surface area contributed by atoms with Crippen LogP contribution >= 0.6 is 0 Å². The smallest absolute Gasteiger partial charge is 0.230 e. The summed E-state index contributed by atoms with van der Waals surface area (Å²) in [7, 11) is 2.23. The predicted octanol–water partition coefficient (Wildman–Crippen LogP) is 2.20. The van der Waals surface area contributed by atoms with E-state index in [0.717, 1.165) is 51.0 Å². The standard InChI is InChI=1S/C19H33N3O/c1-20-11-6-17(7-12-20)22-13-9-19(15-22)8-3-10-21(18(19)23)14-16-4-2-5-16/h16-17H,2-15H2,1H3. The number of piperidine rings is 2. The quantitative estimate of drug-likeness (QED) is 0.798. The van der Waals surface area contributed by atoms with Crippen LogP contribution in [0.15, 0.2) is 0 Å². The second kappa shape index (κ2) is 6.36. The van der Waals surface area contributed by atoms with Crippen LogP contribution in [-0.2, 0) is 4.79 Å². The van der Waals surface area contributed by atoms with Crippen molar-refractivity contribution in [2.24, 2.45) is 11.3 Å². The fourth-order valence-corrected chi connectivity index (χ4v) is 5.27. The molecule has 4 fully saturated rings. The van der Waals surface area contributed by atoms with Gasteiger partial charge in [0.05, 0.1) is 5.41 Å². The molecule has 0 bridgehead atoms. The average Bonchev–Trinajstić information content (AvgIpc) is 2.93. The summed E-state index contributed by atoms with van der Waals surface area (Å²) in [6.45, 7) is 6.70. The topological polar surface area (TPSA) is 26.8 Å². The normalized spacial score (nSPS) is 35.2. The summed E-state index contributed by atoms with van der Waals surface area (Å²) in [5.41, 5.74) is -0.0225. The molecule has 0 aromatic carbocycles. The van der Waals surface area contributed by atoms with Gasteiger partial charge in [0.15, 0.2) is 0 Å². The summed E-state index contributed by atoms with van der Waals surface area (Å²) in [6, 6.07) is 0.723. The number of carbonyl (C=O) groups excluding carboxylic acids is 1. The lowest BCUT2D eigenvalue weighted by Crippen LogP contribution is -2.52. The van der Waals surface area contributed by atoms with Gasteiger partial charge in [-0.25, -0.2) is 0 Å². The van der Waals surface area contributed by atoms with Crippen molar-refractivity contribution in [2.45, 2.75) is 57.4 Å². The maximum atomic E-state index is 13.2. The first-order valence-electron chi connectivity index (χ1n) is 9.88. The van der Waals surface area contributed by atoms with E-state index >= 15 is 0 Å². The zero-order valence-electron chi connectivity index (χ0n) is 14.8. The van der Waals surface area contributed by atoms with Crippen molar-refractivity contribution in [3.05, 3.63) is 0 Å². The molecule has 23 heavy (non-hydrogen) atoms. The van der Waals surface area contributed by atoms with Crippen LogP contribution in [0.3, 0.4) is 0 Å². The van der Waals surface area contributed by atoms with Crippen LogP contribution in [0.2, 0.25) is 0 Å². The van der Waals surface area contributed by atoms with Crippen molar-refractivity contribution in [3.8, 4) is 0 Å². The monoisotopic (exact) mass is 319 g/mol. The van der Waals surface area contributed by atoms with Crippen molar-refractivity contribution >= 4 is 5.91 Å². The molecule has 3 aliphatic heterocycles. The molecule has 3 saturated heterocycles. The summed E-state index contributed by atoms with van der Waals surface area (Å²) in [4.78, 5) is 20.5. The molecule has 1 aliphatic carbocycles. The van der Waals surface area contributed by atoms with Gasteiger partial charge in [0.25, 0.3) is 0 Å². The van der Waals surface area contributed by atoms with Gasteiger partial charge in [-0.3, -0.25) is 9.69 Å². The van der Waals surface area contributed by atoms with Crippen molar-refractivity contribution < 1.29 is 4.79 Å². The minimum atomic E-state index is -0.0225. The fourth-order valence-electron chi connectivity index (χ4n) is 5.27. The Kier molecular flexibility index (Phi) is 4.39. The van der Waals surface area contributed by atoms with Crippen LogP contribution in [-0.4, -0.2) is 73.0 Å². The molecule has 0 radical (unpaired) electrons. The molecule has 1 unspecified atom stereocenters. The van der Waals surface area contributed by atoms with Gasteiger partial charge in [-0.1, -0.05) is 6.42 Å². The molecule has 0 aromatic rings. The van der Waals surface area contributed by atoms with E-state index in [2.05, 4.69) is 21.7 Å². The van der Waals surface area contributed by atoms with Gasteiger partial charge >= 0.3 is 0 Å². The average molecular weight is 319 g/mol. The SMILES string of the molecule is CN1CCC(N2CCC3(CCCN(CC4CCC4)C3=O)C2)CC1. The van der Waals surface area contributed by atoms with E-state index in [1.165, 1.54) is 51.6 Å². The molecule has 4 aliphatic rings. The molecule has 1 saturated carbocycles. The van der Waals surface area contributed by atoms with E-state index in [0.29, 0.717) is 5.91 Å². The van der Waals surface area contributed by atoms with Gasteiger partial charge in [0.1, 0.15) is 0 Å². The number of likely N-dealkylation sites (tertiary alicyclic amines) is 3. The Morgan fingerprint density at radius 1 is 1.00 bits per heavy atom. The first-order chi connectivity index (χ1) is 11.2. The lowest BCUT2D eigenvalue weighted by molar-refractivity contribution is -0.147. The zero-order chi connectivity index (χ0) is 15.9. The first kappa shape index (κ1) is 15.9. The minimum absolute atomic E-state index is 0.0225. The highest BCUT2D eigenvalue weighted by Crippen LogP contribution is 2.42. The minimum Gasteiger partial charge on any atom is -0.342 e. The van der Waals surface area contributed by atoms with Gasteiger partial charge in [-0.15, -0.1) is 0 Å². The summed E-state index contributed by atoms with van der Waals surface area (Å²) in [5, 5.41) is 0. The fraction of sp³-hybridized carbons (Fsp3) is 0.947. The summed E-state index contributed by atoms with van der Waals surface area (Å²) in [5.74, 6) is 1.31. The third-order valence-electron chi connectivity index (χ3n) is 7.12. The van der Waals surface area contributed by atoms with E-state index < -0.39 is 0 Å². The van der Waals surface area contributed by atoms with E-state index in [-0.39, 0.29) is 5.41 Å². The van der Waals surface area contributed by atoms with Crippen LogP contribution < -0.4 is 0 Å². The molecule has 3 heterocycles. The Balaban J connectivity index is 1.38. The summed E-state index contributed by atoms with van der Waals surface area (Å²) in [6.07, 6.45) is 10.1. The molecule has 1 spiro atoms. The van der Waals surface area contributed by atoms with Crippen molar-refractivity contribution in [1.82, 2.24) is 14.7 Å². The Morgan fingerprint density at radius 3 is 2.48 bits per heavy atom. The van der Waals surface area contributed by atoms with Crippen molar-refractivity contribution in [1.29, 1.82) is 0 Å². The van der Waals surface area contributed by atoms with E-state index in [1.807, 2.05) is 0 Å². The first-order valence-corrected chi connectivity index (χ1v) is 9.88. The number of amides is 1. The molecule has 4 heteroatoms. The van der Waals surface area contributed by atoms with Gasteiger partial charge in [0, 0.05) is 25.7 Å². The Hall–Kier alpha value is -0.610. The lowest BCUT2D eigenvalue weighted by atomic mass is 9.77. The number of hydrogen-bond acceptors (Lipinski definition) is 3. The zero-order valence-corrected chi connectivity index (χ0v) is 14.8. The second-order valence-corrected chi connectivity index (χ2v) is 8.69. The van der Waals surface area contributed by atoms with Crippen LogP contribution in [0, 0.1) is 11.3 Å². The van der Waals surface area contributed by atoms with Crippen LogP contribution in [0.25, 0.3) is 0 Å². The summed E-state index contributed by atoms with van der Waals surface area (Å²) >= 11 is 0. The van der Waals surface area contributed by atoms with E-state index in [1.54, 1.807) is 0 Å². The van der Waals surface area contributed by atoms with Crippen molar-refractivity contribution in [3.63, 3.8) is 0 Å². The Bertz CT molecular complexity index is 442. The molecule has 4 rings (SSSR count). The Labute approximate surface area is 141 Å². The predicted molar refractivity (Wildman–Crippen MR) is 92.3 cm³/mol. The lowest BCUT2D eigenvalue weighted by Gasteiger charge is -2.43. The molecule has 0 aromatic heterocycles. The van der Waals surface area contributed by atoms with Gasteiger partial charge in [-0.2, -0.15) is 0 Å². The summed E-state index contributed by atoms with van der Waals surface area (Å²) < 4.78 is 0. The molecule has 0 N–H and O–H groups in total. The maximum Gasteiger partial charge on any atom is 0.230 e. The molecular weight excluding hydrogens is 286 g/mol. The number of rotatable bonds is 3. The van der Waals surface area contributed by atoms with Gasteiger partial charge in [-0.05, 0) is 77.5 Å². The van der Waals surface area contributed by atoms with E-state index in [4.69, 9.17) is 0 Å².